The number of amides is 2. The second kappa shape index (κ2) is 10.7. The smallest absolute Gasteiger partial charge is 0.273 e. The third-order valence-electron chi connectivity index (χ3n) is 5.96. The molecule has 1 saturated heterocycles. The zero-order valence-electron chi connectivity index (χ0n) is 19.7. The minimum absolute atomic E-state index is 0.101. The van der Waals surface area contributed by atoms with Crippen LogP contribution >= 0.6 is 0 Å². The number of hydrogen-bond acceptors (Lipinski definition) is 6. The number of rotatable bonds is 7. The van der Waals surface area contributed by atoms with E-state index in [4.69, 9.17) is 16.3 Å². The van der Waals surface area contributed by atoms with Gasteiger partial charge in [-0.15, -0.1) is 0 Å². The van der Waals surface area contributed by atoms with E-state index < -0.39 is 6.17 Å². The molecule has 2 aromatic rings. The summed E-state index contributed by atoms with van der Waals surface area (Å²) in [6, 6.07) is 12.3. The number of fused-ring (bicyclic) bond motifs is 1. The molecule has 0 bridgehead atoms. The number of aliphatic imine (C=N–C) groups is 1. The van der Waals surface area contributed by atoms with Gasteiger partial charge in [-0.3, -0.25) is 14.4 Å². The fourth-order valence-corrected chi connectivity index (χ4v) is 4.10. The van der Waals surface area contributed by atoms with Crippen LogP contribution in [-0.2, 0) is 16.2 Å². The van der Waals surface area contributed by atoms with E-state index >= 15 is 0 Å². The Morgan fingerprint density at radius 2 is 1.97 bits per heavy atom. The molecule has 0 radical (unpaired) electrons. The first-order chi connectivity index (χ1) is 16.8. The summed E-state index contributed by atoms with van der Waals surface area (Å²) < 4.78 is 13.5. The minimum atomic E-state index is -0.988. The average Bonchev–Trinajstić information content (AvgIpc) is 3.20. The molecule has 1 atom stereocenters. The maximum Gasteiger partial charge on any atom is 0.273 e. The van der Waals surface area contributed by atoms with Gasteiger partial charge in [0.05, 0.1) is 12.2 Å². The number of anilines is 1. The third kappa shape index (κ3) is 5.86. The molecule has 4 N–H and O–H groups in total. The molecule has 0 spiro atoms. The number of hydroxylamine groups is 2. The Morgan fingerprint density at radius 1 is 1.20 bits per heavy atom. The van der Waals surface area contributed by atoms with Gasteiger partial charge in [-0.1, -0.05) is 25.1 Å². The van der Waals surface area contributed by atoms with Crippen LogP contribution in [-0.4, -0.2) is 53.4 Å². The SMILES string of the molecule is CCCN(OCc1ccc(N)cc1)C(=O)C1=Cc2ccc(C(=O)N3CCC(F)C3)cc2N=C(N)C1. The van der Waals surface area contributed by atoms with Crippen LogP contribution in [0.2, 0.25) is 0 Å². The van der Waals surface area contributed by atoms with Crippen LogP contribution in [0.1, 0.15) is 47.7 Å². The van der Waals surface area contributed by atoms with Crippen LogP contribution < -0.4 is 11.5 Å². The molecule has 184 valence electrons. The van der Waals surface area contributed by atoms with E-state index in [1.807, 2.05) is 19.1 Å². The number of hydrogen-bond donors (Lipinski definition) is 2. The normalized spacial score (nSPS) is 17.3. The van der Waals surface area contributed by atoms with Gasteiger partial charge in [-0.25, -0.2) is 14.4 Å². The van der Waals surface area contributed by atoms with Gasteiger partial charge in [0.2, 0.25) is 0 Å². The maximum absolute atomic E-state index is 13.5. The first-order valence-electron chi connectivity index (χ1n) is 11.7. The van der Waals surface area contributed by atoms with Crippen molar-refractivity contribution in [1.29, 1.82) is 0 Å². The summed E-state index contributed by atoms with van der Waals surface area (Å²) in [5.74, 6) is -0.274. The number of halogens is 1. The lowest BCUT2D eigenvalue weighted by Gasteiger charge is -2.22. The second-order valence-corrected chi connectivity index (χ2v) is 8.78. The van der Waals surface area contributed by atoms with Crippen LogP contribution in [0.4, 0.5) is 15.8 Å². The van der Waals surface area contributed by atoms with E-state index in [0.717, 1.165) is 5.56 Å². The monoisotopic (exact) mass is 479 g/mol. The summed E-state index contributed by atoms with van der Waals surface area (Å²) in [7, 11) is 0. The number of nitrogens with zero attached hydrogens (tertiary/aromatic N) is 3. The molecule has 9 heteroatoms. The highest BCUT2D eigenvalue weighted by Gasteiger charge is 2.27. The highest BCUT2D eigenvalue weighted by atomic mass is 19.1. The Morgan fingerprint density at radius 3 is 2.66 bits per heavy atom. The fourth-order valence-electron chi connectivity index (χ4n) is 4.10. The van der Waals surface area contributed by atoms with Gasteiger partial charge in [-0.2, -0.15) is 0 Å². The molecule has 0 aromatic heterocycles. The Kier molecular flexibility index (Phi) is 7.45. The molecule has 2 amide bonds. The number of alkyl halides is 1. The molecule has 35 heavy (non-hydrogen) atoms. The van der Waals surface area contributed by atoms with Crippen molar-refractivity contribution in [2.45, 2.75) is 39.0 Å². The van der Waals surface area contributed by atoms with E-state index in [1.54, 1.807) is 36.4 Å². The largest absolute Gasteiger partial charge is 0.399 e. The van der Waals surface area contributed by atoms with Crippen LogP contribution in [0.15, 0.2) is 53.0 Å². The van der Waals surface area contributed by atoms with Crippen molar-refractivity contribution in [2.75, 3.05) is 25.4 Å². The Hall–Kier alpha value is -3.72. The Bertz CT molecular complexity index is 1160. The third-order valence-corrected chi connectivity index (χ3v) is 5.96. The lowest BCUT2D eigenvalue weighted by atomic mass is 10.0. The van der Waals surface area contributed by atoms with E-state index in [0.29, 0.717) is 54.0 Å². The molecule has 2 aliphatic rings. The summed E-state index contributed by atoms with van der Waals surface area (Å²) in [5.41, 5.74) is 15.4. The summed E-state index contributed by atoms with van der Waals surface area (Å²) in [6.07, 6.45) is 1.96. The maximum atomic E-state index is 13.5. The van der Waals surface area contributed by atoms with Crippen molar-refractivity contribution < 1.29 is 18.8 Å². The van der Waals surface area contributed by atoms with Gasteiger partial charge in [0.15, 0.2) is 0 Å². The van der Waals surface area contributed by atoms with E-state index in [9.17, 15) is 14.0 Å². The lowest BCUT2D eigenvalue weighted by Crippen LogP contribution is -2.34. The average molecular weight is 480 g/mol. The van der Waals surface area contributed by atoms with Gasteiger partial charge in [0, 0.05) is 41.9 Å². The number of nitrogens with two attached hydrogens (primary N) is 2. The number of likely N-dealkylation sites (tertiary alicyclic amines) is 1. The molecule has 2 aromatic carbocycles. The molecule has 0 saturated carbocycles. The molecule has 2 heterocycles. The van der Waals surface area contributed by atoms with Crippen molar-refractivity contribution in [2.24, 2.45) is 10.7 Å². The highest BCUT2D eigenvalue weighted by Crippen LogP contribution is 2.29. The molecular weight excluding hydrogens is 449 g/mol. The van der Waals surface area contributed by atoms with Crippen molar-refractivity contribution in [3.63, 3.8) is 0 Å². The van der Waals surface area contributed by atoms with Crippen LogP contribution in [0.5, 0.6) is 0 Å². The molecule has 2 aliphatic heterocycles. The zero-order chi connectivity index (χ0) is 24.9. The number of nitrogen functional groups attached to an aromatic ring is 1. The standard InChI is InChI=1S/C26H30FN5O3/c1-2-10-32(35-16-17-3-7-22(28)8-4-17)26(34)20-12-18-5-6-19(13-23(18)30-24(29)14-20)25(33)31-11-9-21(27)15-31/h3-8,12-13,21H,2,9-11,14-16,28H2,1H3,(H2,29,30). The van der Waals surface area contributed by atoms with Crippen LogP contribution in [0, 0.1) is 0 Å². The van der Waals surface area contributed by atoms with Crippen molar-refractivity contribution in [1.82, 2.24) is 9.96 Å². The molecule has 0 aliphatic carbocycles. The highest BCUT2D eigenvalue weighted by molar-refractivity contribution is 6.05. The number of amidine groups is 1. The second-order valence-electron chi connectivity index (χ2n) is 8.78. The van der Waals surface area contributed by atoms with Gasteiger partial charge in [0.25, 0.3) is 11.8 Å². The molecule has 1 unspecified atom stereocenters. The van der Waals surface area contributed by atoms with Gasteiger partial charge >= 0.3 is 0 Å². The van der Waals surface area contributed by atoms with Crippen molar-refractivity contribution in [3.8, 4) is 0 Å². The molecule has 1 fully saturated rings. The number of carbonyl (C=O) groups excluding carboxylic acids is 2. The summed E-state index contributed by atoms with van der Waals surface area (Å²) in [6.45, 7) is 3.09. The number of carbonyl (C=O) groups is 2. The first-order valence-corrected chi connectivity index (χ1v) is 11.7. The molecule has 4 rings (SSSR count). The summed E-state index contributed by atoms with van der Waals surface area (Å²) in [4.78, 5) is 37.9. The van der Waals surface area contributed by atoms with E-state index in [2.05, 4.69) is 4.99 Å². The fraction of sp³-hybridized carbons (Fsp3) is 0.346. The predicted octanol–water partition coefficient (Wildman–Crippen LogP) is 3.60. The van der Waals surface area contributed by atoms with Gasteiger partial charge < -0.3 is 16.4 Å². The Balaban J connectivity index is 1.53. The van der Waals surface area contributed by atoms with E-state index in [1.165, 1.54) is 9.96 Å². The Labute approximate surface area is 204 Å². The quantitative estimate of drug-likeness (QED) is 0.465. The van der Waals surface area contributed by atoms with Gasteiger partial charge in [-0.05, 0) is 48.7 Å². The molecular formula is C26H30FN5O3. The zero-order valence-corrected chi connectivity index (χ0v) is 19.7. The minimum Gasteiger partial charge on any atom is -0.399 e. The number of benzene rings is 2. The predicted molar refractivity (Wildman–Crippen MR) is 133 cm³/mol. The van der Waals surface area contributed by atoms with Crippen LogP contribution in [0.3, 0.4) is 0 Å². The topological polar surface area (TPSA) is 114 Å². The first kappa shape index (κ1) is 24.4. The summed E-state index contributed by atoms with van der Waals surface area (Å²) >= 11 is 0. The van der Waals surface area contributed by atoms with Crippen molar-refractivity contribution in [3.05, 3.63) is 64.7 Å². The van der Waals surface area contributed by atoms with Crippen molar-refractivity contribution >= 4 is 35.1 Å². The summed E-state index contributed by atoms with van der Waals surface area (Å²) in [5, 5.41) is 1.35. The van der Waals surface area contributed by atoms with E-state index in [-0.39, 0.29) is 37.2 Å². The van der Waals surface area contributed by atoms with Gasteiger partial charge in [0.1, 0.15) is 18.6 Å². The lowest BCUT2D eigenvalue weighted by molar-refractivity contribution is -0.187. The molecule has 8 nitrogen and oxygen atoms in total. The van der Waals surface area contributed by atoms with Crippen LogP contribution in [0.25, 0.3) is 6.08 Å².